The van der Waals surface area contributed by atoms with Gasteiger partial charge in [0.2, 0.25) is 0 Å². The van der Waals surface area contributed by atoms with Crippen molar-refractivity contribution in [2.24, 2.45) is 0 Å². The highest BCUT2D eigenvalue weighted by Crippen LogP contribution is 2.10. The quantitative estimate of drug-likeness (QED) is 0.256. The summed E-state index contributed by atoms with van der Waals surface area (Å²) in [4.78, 5) is 23.1. The SMILES string of the molecule is CCCCCCCCCCCCNC(=S)N(CCC(=O)O)CCC(=O)O. The number of carbonyl (C=O) groups is 2. The van der Waals surface area contributed by atoms with Crippen LogP contribution in [0.5, 0.6) is 0 Å². The molecule has 0 amide bonds. The maximum atomic E-state index is 10.7. The summed E-state index contributed by atoms with van der Waals surface area (Å²) in [5, 5.41) is 21.2. The Morgan fingerprint density at radius 1 is 0.808 bits per heavy atom. The topological polar surface area (TPSA) is 89.9 Å². The van der Waals surface area contributed by atoms with E-state index < -0.39 is 11.9 Å². The Kier molecular flexibility index (Phi) is 16.2. The fraction of sp³-hybridized carbons (Fsp3) is 0.842. The molecule has 152 valence electrons. The molecule has 0 heterocycles. The molecule has 0 fully saturated rings. The Morgan fingerprint density at radius 2 is 1.23 bits per heavy atom. The monoisotopic (exact) mass is 388 g/mol. The highest BCUT2D eigenvalue weighted by atomic mass is 32.1. The van der Waals surface area contributed by atoms with Gasteiger partial charge in [-0.25, -0.2) is 0 Å². The van der Waals surface area contributed by atoms with Crippen molar-refractivity contribution in [2.75, 3.05) is 19.6 Å². The minimum Gasteiger partial charge on any atom is -0.481 e. The molecule has 26 heavy (non-hydrogen) atoms. The molecule has 0 saturated carbocycles. The van der Waals surface area contributed by atoms with Crippen LogP contribution in [0.2, 0.25) is 0 Å². The van der Waals surface area contributed by atoms with Crippen LogP contribution in [-0.2, 0) is 9.59 Å². The minimum atomic E-state index is -0.914. The fourth-order valence-corrected chi connectivity index (χ4v) is 2.98. The second-order valence-corrected chi connectivity index (χ2v) is 7.08. The second-order valence-electron chi connectivity index (χ2n) is 6.69. The maximum Gasteiger partial charge on any atom is 0.305 e. The summed E-state index contributed by atoms with van der Waals surface area (Å²) in [7, 11) is 0. The van der Waals surface area contributed by atoms with Gasteiger partial charge in [-0.1, -0.05) is 64.7 Å². The van der Waals surface area contributed by atoms with E-state index in [4.69, 9.17) is 22.4 Å². The number of aliphatic carboxylic acids is 2. The van der Waals surface area contributed by atoms with Crippen LogP contribution in [0.15, 0.2) is 0 Å². The summed E-state index contributed by atoms with van der Waals surface area (Å²) in [6, 6.07) is 0. The lowest BCUT2D eigenvalue weighted by molar-refractivity contribution is -0.137. The predicted molar refractivity (Wildman–Crippen MR) is 109 cm³/mol. The summed E-state index contributed by atoms with van der Waals surface area (Å²) in [5.41, 5.74) is 0. The summed E-state index contributed by atoms with van der Waals surface area (Å²) in [6.07, 6.45) is 12.6. The van der Waals surface area contributed by atoms with Gasteiger partial charge in [0, 0.05) is 19.6 Å². The molecule has 0 radical (unpaired) electrons. The van der Waals surface area contributed by atoms with Crippen LogP contribution >= 0.6 is 12.2 Å². The van der Waals surface area contributed by atoms with Crippen molar-refractivity contribution in [1.29, 1.82) is 0 Å². The van der Waals surface area contributed by atoms with Crippen molar-refractivity contribution in [3.05, 3.63) is 0 Å². The van der Waals surface area contributed by atoms with E-state index in [1.165, 1.54) is 51.4 Å². The Bertz CT molecular complexity index is 387. The molecule has 3 N–H and O–H groups in total. The fourth-order valence-electron chi connectivity index (χ4n) is 2.70. The van der Waals surface area contributed by atoms with Crippen LogP contribution in [0, 0.1) is 0 Å². The Labute approximate surface area is 163 Å². The van der Waals surface area contributed by atoms with E-state index in [-0.39, 0.29) is 25.9 Å². The van der Waals surface area contributed by atoms with E-state index in [2.05, 4.69) is 12.2 Å². The summed E-state index contributed by atoms with van der Waals surface area (Å²) >= 11 is 5.28. The van der Waals surface area contributed by atoms with E-state index in [1.54, 1.807) is 4.90 Å². The molecule has 7 heteroatoms. The van der Waals surface area contributed by atoms with Crippen molar-refractivity contribution < 1.29 is 19.8 Å². The van der Waals surface area contributed by atoms with E-state index in [9.17, 15) is 9.59 Å². The second kappa shape index (κ2) is 17.1. The van der Waals surface area contributed by atoms with Crippen molar-refractivity contribution in [3.63, 3.8) is 0 Å². The van der Waals surface area contributed by atoms with Crippen molar-refractivity contribution in [1.82, 2.24) is 10.2 Å². The third-order valence-electron chi connectivity index (χ3n) is 4.28. The third kappa shape index (κ3) is 16.1. The van der Waals surface area contributed by atoms with Gasteiger partial charge in [0.15, 0.2) is 5.11 Å². The van der Waals surface area contributed by atoms with Crippen LogP contribution in [0.25, 0.3) is 0 Å². The van der Waals surface area contributed by atoms with Gasteiger partial charge >= 0.3 is 11.9 Å². The van der Waals surface area contributed by atoms with Gasteiger partial charge in [0.1, 0.15) is 0 Å². The first kappa shape index (κ1) is 24.6. The molecule has 0 rings (SSSR count). The van der Waals surface area contributed by atoms with Crippen LogP contribution in [0.1, 0.15) is 84.0 Å². The number of carboxylic acids is 2. The zero-order chi connectivity index (χ0) is 19.6. The number of nitrogens with zero attached hydrogens (tertiary/aromatic N) is 1. The van der Waals surface area contributed by atoms with Gasteiger partial charge in [-0.3, -0.25) is 9.59 Å². The third-order valence-corrected chi connectivity index (χ3v) is 4.69. The lowest BCUT2D eigenvalue weighted by atomic mass is 10.1. The Balaban J connectivity index is 3.76. The number of unbranched alkanes of at least 4 members (excludes halogenated alkanes) is 9. The first-order chi connectivity index (χ1) is 12.5. The molecule has 0 aromatic rings. The highest BCUT2D eigenvalue weighted by Gasteiger charge is 2.12. The zero-order valence-corrected chi connectivity index (χ0v) is 17.0. The largest absolute Gasteiger partial charge is 0.481 e. The average molecular weight is 389 g/mol. The molecule has 6 nitrogen and oxygen atoms in total. The number of thiocarbonyl (C=S) groups is 1. The van der Waals surface area contributed by atoms with E-state index >= 15 is 0 Å². The van der Waals surface area contributed by atoms with Gasteiger partial charge in [-0.15, -0.1) is 0 Å². The number of hydrogen-bond acceptors (Lipinski definition) is 3. The molecule has 0 aromatic carbocycles. The number of nitrogens with one attached hydrogen (secondary N) is 1. The number of hydrogen-bond donors (Lipinski definition) is 3. The molecule has 0 atom stereocenters. The Hall–Kier alpha value is -1.37. The van der Waals surface area contributed by atoms with Gasteiger partial charge < -0.3 is 20.4 Å². The predicted octanol–water partition coefficient (Wildman–Crippen LogP) is 4.03. The van der Waals surface area contributed by atoms with Gasteiger partial charge in [-0.2, -0.15) is 0 Å². The van der Waals surface area contributed by atoms with Crippen molar-refractivity contribution in [3.8, 4) is 0 Å². The molecule has 0 unspecified atom stereocenters. The van der Waals surface area contributed by atoms with E-state index in [0.29, 0.717) is 5.11 Å². The summed E-state index contributed by atoms with van der Waals surface area (Å²) in [6.45, 7) is 3.43. The van der Waals surface area contributed by atoms with Crippen LogP contribution < -0.4 is 5.32 Å². The molecule has 0 aliphatic heterocycles. The van der Waals surface area contributed by atoms with Gasteiger partial charge in [-0.05, 0) is 18.6 Å². The Morgan fingerprint density at radius 3 is 1.65 bits per heavy atom. The standard InChI is InChI=1S/C19H36N2O4S/c1-2-3-4-5-6-7-8-9-10-11-14-20-19(26)21(15-12-17(22)23)16-13-18(24)25/h2-16H2,1H3,(H,20,26)(H,22,23)(H,24,25). The number of rotatable bonds is 17. The smallest absolute Gasteiger partial charge is 0.305 e. The minimum absolute atomic E-state index is 0.0559. The van der Waals surface area contributed by atoms with Crippen LogP contribution in [-0.4, -0.2) is 51.8 Å². The van der Waals surface area contributed by atoms with Crippen molar-refractivity contribution in [2.45, 2.75) is 84.0 Å². The highest BCUT2D eigenvalue weighted by molar-refractivity contribution is 7.80. The molecule has 0 saturated heterocycles. The lowest BCUT2D eigenvalue weighted by Gasteiger charge is -2.24. The molecular formula is C19H36N2O4S. The van der Waals surface area contributed by atoms with E-state index in [1.807, 2.05) is 0 Å². The average Bonchev–Trinajstić information content (AvgIpc) is 2.59. The summed E-state index contributed by atoms with van der Waals surface area (Å²) in [5.74, 6) is -1.83. The first-order valence-corrected chi connectivity index (χ1v) is 10.3. The van der Waals surface area contributed by atoms with Crippen LogP contribution in [0.3, 0.4) is 0 Å². The van der Waals surface area contributed by atoms with Crippen molar-refractivity contribution >= 4 is 29.3 Å². The van der Waals surface area contributed by atoms with Gasteiger partial charge in [0.05, 0.1) is 12.8 Å². The molecule has 0 aliphatic carbocycles. The molecule has 0 aliphatic rings. The maximum absolute atomic E-state index is 10.7. The molecule has 0 bridgehead atoms. The number of carboxylic acid groups (broad SMARTS) is 2. The molecular weight excluding hydrogens is 352 g/mol. The lowest BCUT2D eigenvalue weighted by Crippen LogP contribution is -2.42. The summed E-state index contributed by atoms with van der Waals surface area (Å²) < 4.78 is 0. The normalized spacial score (nSPS) is 10.5. The molecule has 0 aromatic heterocycles. The first-order valence-electron chi connectivity index (χ1n) is 9.93. The van der Waals surface area contributed by atoms with Gasteiger partial charge in [0.25, 0.3) is 0 Å². The molecule has 0 spiro atoms. The van der Waals surface area contributed by atoms with E-state index in [0.717, 1.165) is 19.4 Å². The zero-order valence-electron chi connectivity index (χ0n) is 16.2. The van der Waals surface area contributed by atoms with Crippen LogP contribution in [0.4, 0.5) is 0 Å².